The second kappa shape index (κ2) is 9.20. The van der Waals surface area contributed by atoms with Crippen LogP contribution < -0.4 is 15.0 Å². The highest BCUT2D eigenvalue weighted by atomic mass is 19.1. The van der Waals surface area contributed by atoms with Gasteiger partial charge in [0.15, 0.2) is 0 Å². The number of carbonyl (C=O) groups excluding carboxylic acids is 1. The first-order chi connectivity index (χ1) is 15.0. The molecule has 8 heteroatoms. The number of anilines is 1. The highest BCUT2D eigenvalue weighted by Gasteiger charge is 2.45. The molecule has 2 heterocycles. The molecule has 0 unspecified atom stereocenters. The number of hydrogen-bond donors (Lipinski definition) is 1. The van der Waals surface area contributed by atoms with Crippen LogP contribution in [0.4, 0.5) is 10.1 Å². The van der Waals surface area contributed by atoms with E-state index in [0.29, 0.717) is 37.6 Å². The van der Waals surface area contributed by atoms with Crippen LogP contribution >= 0.6 is 0 Å². The molecule has 2 aliphatic rings. The summed E-state index contributed by atoms with van der Waals surface area (Å²) in [6.07, 6.45) is 3.84. The van der Waals surface area contributed by atoms with Gasteiger partial charge < -0.3 is 24.4 Å². The number of methoxy groups -OCH3 is 2. The van der Waals surface area contributed by atoms with E-state index in [4.69, 9.17) is 14.2 Å². The van der Waals surface area contributed by atoms with Crippen molar-refractivity contribution in [1.82, 2.24) is 10.3 Å². The maximum absolute atomic E-state index is 13.7. The lowest BCUT2D eigenvalue weighted by Crippen LogP contribution is -2.44. The predicted molar refractivity (Wildman–Crippen MR) is 114 cm³/mol. The quantitative estimate of drug-likeness (QED) is 0.696. The number of halogens is 1. The van der Waals surface area contributed by atoms with E-state index >= 15 is 0 Å². The number of nitrogens with zero attached hydrogens (tertiary/aromatic N) is 2. The van der Waals surface area contributed by atoms with E-state index in [2.05, 4.69) is 15.2 Å². The molecule has 0 radical (unpaired) electrons. The fourth-order valence-corrected chi connectivity index (χ4v) is 4.03. The predicted octanol–water partition coefficient (Wildman–Crippen LogP) is 2.59. The van der Waals surface area contributed by atoms with Crippen LogP contribution in [-0.4, -0.2) is 63.1 Å². The Kier molecular flexibility index (Phi) is 6.38. The van der Waals surface area contributed by atoms with Crippen LogP contribution in [-0.2, 0) is 15.9 Å². The molecule has 0 bridgehead atoms. The maximum atomic E-state index is 13.7. The van der Waals surface area contributed by atoms with Crippen molar-refractivity contribution >= 4 is 11.6 Å². The molecular weight excluding hydrogens is 401 g/mol. The first-order valence-electron chi connectivity index (χ1n) is 10.5. The van der Waals surface area contributed by atoms with Gasteiger partial charge in [0.2, 0.25) is 0 Å². The molecule has 31 heavy (non-hydrogen) atoms. The summed E-state index contributed by atoms with van der Waals surface area (Å²) < 4.78 is 30.0. The Bertz CT molecular complexity index is 933. The van der Waals surface area contributed by atoms with Gasteiger partial charge in [-0.05, 0) is 55.2 Å². The zero-order valence-electron chi connectivity index (χ0n) is 17.9. The molecule has 2 aromatic rings. The normalized spacial score (nSPS) is 19.7. The Morgan fingerprint density at radius 3 is 2.90 bits per heavy atom. The van der Waals surface area contributed by atoms with E-state index in [0.717, 1.165) is 30.6 Å². The van der Waals surface area contributed by atoms with Gasteiger partial charge >= 0.3 is 0 Å². The van der Waals surface area contributed by atoms with Crippen LogP contribution in [0.25, 0.3) is 0 Å². The number of carbonyl (C=O) groups is 1. The summed E-state index contributed by atoms with van der Waals surface area (Å²) >= 11 is 0. The number of aromatic nitrogens is 1. The minimum Gasteiger partial charge on any atom is -0.496 e. The molecule has 4 rings (SSSR count). The van der Waals surface area contributed by atoms with Gasteiger partial charge in [0.25, 0.3) is 5.91 Å². The zero-order chi connectivity index (χ0) is 21.8. The number of ether oxygens (including phenoxy) is 3. The lowest BCUT2D eigenvalue weighted by molar-refractivity contribution is -0.0100. The number of hydrogen-bond acceptors (Lipinski definition) is 6. The van der Waals surface area contributed by atoms with Crippen LogP contribution in [0, 0.1) is 5.82 Å². The summed E-state index contributed by atoms with van der Waals surface area (Å²) in [5.74, 6) is 0.0842. The van der Waals surface area contributed by atoms with Crippen LogP contribution in [0.1, 0.15) is 28.9 Å². The van der Waals surface area contributed by atoms with E-state index in [1.54, 1.807) is 26.5 Å². The Hall–Kier alpha value is -2.71. The molecule has 1 aliphatic carbocycles. The standard InChI is InChI=1S/C23H28FN3O4/c1-29-15-19-14-27(9-10-31-19)18-5-8-25-20(12-18)22(28)26-23(6-7-23)13-16-11-17(24)3-4-21(16)30-2/h3-5,8,11-12,19H,6-7,9-10,13-15H2,1-2H3,(H,26,28)/t19-/m0/s1. The SMILES string of the molecule is COC[C@@H]1CN(c2ccnc(C(=O)NC3(Cc4cc(F)ccc4OC)CC3)c2)CCO1. The van der Waals surface area contributed by atoms with Crippen molar-refractivity contribution in [2.75, 3.05) is 45.4 Å². The van der Waals surface area contributed by atoms with Gasteiger partial charge in [-0.25, -0.2) is 4.39 Å². The Labute approximate surface area is 181 Å². The summed E-state index contributed by atoms with van der Waals surface area (Å²) in [4.78, 5) is 19.4. The molecule has 1 amide bonds. The minimum absolute atomic E-state index is 0.000161. The highest BCUT2D eigenvalue weighted by molar-refractivity contribution is 5.94. The number of nitrogens with one attached hydrogen (secondary N) is 1. The average Bonchev–Trinajstić information content (AvgIpc) is 3.53. The van der Waals surface area contributed by atoms with Crippen molar-refractivity contribution in [1.29, 1.82) is 0 Å². The van der Waals surface area contributed by atoms with Gasteiger partial charge in [0.1, 0.15) is 17.3 Å². The van der Waals surface area contributed by atoms with Gasteiger partial charge in [-0.1, -0.05) is 0 Å². The summed E-state index contributed by atoms with van der Waals surface area (Å²) in [7, 11) is 3.22. The number of rotatable bonds is 8. The van der Waals surface area contributed by atoms with Crippen molar-refractivity contribution in [3.63, 3.8) is 0 Å². The molecule has 1 saturated heterocycles. The van der Waals surface area contributed by atoms with E-state index in [9.17, 15) is 9.18 Å². The fraction of sp³-hybridized carbons (Fsp3) is 0.478. The van der Waals surface area contributed by atoms with Crippen molar-refractivity contribution in [2.24, 2.45) is 0 Å². The van der Waals surface area contributed by atoms with Gasteiger partial charge in [-0.2, -0.15) is 0 Å². The Morgan fingerprint density at radius 1 is 1.32 bits per heavy atom. The van der Waals surface area contributed by atoms with E-state index in [1.807, 2.05) is 12.1 Å². The van der Waals surface area contributed by atoms with Crippen molar-refractivity contribution in [2.45, 2.75) is 30.9 Å². The second-order valence-corrected chi connectivity index (χ2v) is 8.16. The molecule has 1 aromatic heterocycles. The van der Waals surface area contributed by atoms with Crippen LogP contribution in [0.5, 0.6) is 5.75 Å². The van der Waals surface area contributed by atoms with Gasteiger partial charge in [0.05, 0.1) is 26.4 Å². The van der Waals surface area contributed by atoms with Crippen LogP contribution in [0.2, 0.25) is 0 Å². The molecular formula is C23H28FN3O4. The van der Waals surface area contributed by atoms with Crippen molar-refractivity contribution < 1.29 is 23.4 Å². The lowest BCUT2D eigenvalue weighted by Gasteiger charge is -2.34. The summed E-state index contributed by atoms with van der Waals surface area (Å²) in [6.45, 7) is 2.58. The lowest BCUT2D eigenvalue weighted by atomic mass is 10.0. The third-order valence-electron chi connectivity index (χ3n) is 5.84. The molecule has 1 aromatic carbocycles. The third kappa shape index (κ3) is 5.14. The number of amides is 1. The molecule has 0 spiro atoms. The molecule has 2 fully saturated rings. The fourth-order valence-electron chi connectivity index (χ4n) is 4.03. The molecule has 1 aliphatic heterocycles. The molecule has 1 N–H and O–H groups in total. The first-order valence-corrected chi connectivity index (χ1v) is 10.5. The number of morpholine rings is 1. The Morgan fingerprint density at radius 2 is 2.16 bits per heavy atom. The third-order valence-corrected chi connectivity index (χ3v) is 5.84. The van der Waals surface area contributed by atoms with Gasteiger partial charge in [0, 0.05) is 37.6 Å². The monoisotopic (exact) mass is 429 g/mol. The maximum Gasteiger partial charge on any atom is 0.270 e. The van der Waals surface area contributed by atoms with E-state index < -0.39 is 5.54 Å². The molecule has 166 valence electrons. The molecule has 1 atom stereocenters. The van der Waals surface area contributed by atoms with E-state index in [1.165, 1.54) is 12.1 Å². The molecule has 1 saturated carbocycles. The average molecular weight is 429 g/mol. The largest absolute Gasteiger partial charge is 0.496 e. The summed E-state index contributed by atoms with van der Waals surface area (Å²) in [5.41, 5.74) is 1.66. The van der Waals surface area contributed by atoms with Gasteiger partial charge in [-0.3, -0.25) is 9.78 Å². The smallest absolute Gasteiger partial charge is 0.270 e. The van der Waals surface area contributed by atoms with Crippen LogP contribution in [0.3, 0.4) is 0 Å². The van der Waals surface area contributed by atoms with Crippen molar-refractivity contribution in [3.05, 3.63) is 53.6 Å². The number of pyridine rings is 1. The summed E-state index contributed by atoms with van der Waals surface area (Å²) in [6, 6.07) is 8.17. The van der Waals surface area contributed by atoms with Crippen molar-refractivity contribution in [3.8, 4) is 5.75 Å². The van der Waals surface area contributed by atoms with E-state index in [-0.39, 0.29) is 17.8 Å². The number of benzene rings is 1. The topological polar surface area (TPSA) is 72.9 Å². The molecule has 7 nitrogen and oxygen atoms in total. The second-order valence-electron chi connectivity index (χ2n) is 8.16. The van der Waals surface area contributed by atoms with Crippen LogP contribution in [0.15, 0.2) is 36.5 Å². The minimum atomic E-state index is -0.391. The van der Waals surface area contributed by atoms with Gasteiger partial charge in [-0.15, -0.1) is 0 Å². The zero-order valence-corrected chi connectivity index (χ0v) is 17.9. The first kappa shape index (κ1) is 21.5. The highest BCUT2D eigenvalue weighted by Crippen LogP contribution is 2.40. The summed E-state index contributed by atoms with van der Waals surface area (Å²) in [5, 5.41) is 3.12. The Balaban J connectivity index is 1.44.